The Bertz CT molecular complexity index is 703. The molecule has 2 N–H and O–H groups in total. The second-order valence-corrected chi connectivity index (χ2v) is 5.72. The second-order valence-electron chi connectivity index (χ2n) is 4.72. The van der Waals surface area contributed by atoms with Gasteiger partial charge in [0.15, 0.2) is 0 Å². The van der Waals surface area contributed by atoms with Crippen molar-refractivity contribution in [3.8, 4) is 0 Å². The Morgan fingerprint density at radius 1 is 1.41 bits per heavy atom. The normalized spacial score (nSPS) is 24.7. The smallest absolute Gasteiger partial charge is 0.406 e. The predicted molar refractivity (Wildman–Crippen MR) is 66.3 cm³/mol. The fourth-order valence-electron chi connectivity index (χ4n) is 2.57. The molecule has 2 fully saturated rings. The van der Waals surface area contributed by atoms with Crippen LogP contribution in [-0.2, 0) is 19.5 Å². The highest BCUT2D eigenvalue weighted by molar-refractivity contribution is 7.80. The lowest BCUT2D eigenvalue weighted by Gasteiger charge is -2.27. The van der Waals surface area contributed by atoms with Crippen LogP contribution in [0, 0.1) is 0 Å². The van der Waals surface area contributed by atoms with Crippen molar-refractivity contribution >= 4 is 28.9 Å². The van der Waals surface area contributed by atoms with Gasteiger partial charge < -0.3 is 9.32 Å². The zero-order chi connectivity index (χ0) is 15.9. The molecule has 0 saturated carbocycles. The summed E-state index contributed by atoms with van der Waals surface area (Å²) in [6, 6.07) is -1.90. The summed E-state index contributed by atoms with van der Waals surface area (Å²) in [5.74, 6) is 0.116. The molecule has 0 aliphatic carbocycles. The Morgan fingerprint density at radius 2 is 2.18 bits per heavy atom. The molecule has 0 radical (unpaired) electrons. The van der Waals surface area contributed by atoms with E-state index in [4.69, 9.17) is 8.97 Å². The number of amides is 3. The van der Waals surface area contributed by atoms with Gasteiger partial charge in [0.05, 0.1) is 6.04 Å². The van der Waals surface area contributed by atoms with Crippen LogP contribution in [0.15, 0.2) is 4.42 Å². The molecule has 1 aromatic rings. The zero-order valence-electron chi connectivity index (χ0n) is 10.9. The first kappa shape index (κ1) is 14.7. The molecule has 3 amide bonds. The van der Waals surface area contributed by atoms with E-state index in [9.17, 15) is 18.0 Å². The molecule has 0 unspecified atom stereocenters. The van der Waals surface area contributed by atoms with E-state index in [0.29, 0.717) is 24.3 Å². The molecule has 2 aliphatic rings. The number of urea groups is 1. The topological polar surface area (TPSA) is 155 Å². The maximum absolute atomic E-state index is 12.2. The van der Waals surface area contributed by atoms with Crippen LogP contribution in [-0.4, -0.2) is 58.2 Å². The van der Waals surface area contributed by atoms with E-state index in [1.165, 1.54) is 4.90 Å². The predicted octanol–water partition coefficient (Wildman–Crippen LogP) is -0.687. The summed E-state index contributed by atoms with van der Waals surface area (Å²) >= 11 is 0. The highest BCUT2D eigenvalue weighted by Gasteiger charge is 2.49. The Kier molecular flexibility index (Phi) is 3.46. The van der Waals surface area contributed by atoms with Gasteiger partial charge in [-0.3, -0.25) is 14.7 Å². The summed E-state index contributed by atoms with van der Waals surface area (Å²) in [6.07, 6.45) is 1.22. The van der Waals surface area contributed by atoms with Crippen LogP contribution in [0.25, 0.3) is 0 Å². The molecule has 3 heterocycles. The zero-order valence-corrected chi connectivity index (χ0v) is 11.8. The number of rotatable bonds is 5. The number of anilines is 1. The van der Waals surface area contributed by atoms with E-state index >= 15 is 0 Å². The van der Waals surface area contributed by atoms with Crippen LogP contribution in [0.1, 0.15) is 24.8 Å². The number of carbonyl (C=O) groups excluding carboxylic acids is 2. The maximum atomic E-state index is 12.2. The third kappa shape index (κ3) is 2.60. The van der Waals surface area contributed by atoms with Crippen LogP contribution in [0.2, 0.25) is 0 Å². The number of nitrogens with one attached hydrogen (secondary N) is 1. The summed E-state index contributed by atoms with van der Waals surface area (Å²) in [5.41, 5.74) is 0. The van der Waals surface area contributed by atoms with Gasteiger partial charge in [0.1, 0.15) is 6.04 Å². The fraction of sp³-hybridized carbons (Fsp3) is 0.556. The number of hydroxylamine groups is 2. The van der Waals surface area contributed by atoms with Crippen LogP contribution in [0.4, 0.5) is 10.8 Å². The Hall–Kier alpha value is -2.25. The average molecular weight is 333 g/mol. The second kappa shape index (κ2) is 5.19. The molecule has 0 aromatic carbocycles. The first-order valence-electron chi connectivity index (χ1n) is 6.19. The maximum Gasteiger partial charge on any atom is 0.418 e. The van der Waals surface area contributed by atoms with Gasteiger partial charge in [-0.1, -0.05) is 5.10 Å². The third-order valence-corrected chi connectivity index (χ3v) is 3.75. The SMILES string of the molecule is O=CNc1nnc([C@@H]2CC[C@@H]3CN2C(=O)N3OS(=O)(=O)O)o1. The van der Waals surface area contributed by atoms with Crippen LogP contribution < -0.4 is 5.32 Å². The Morgan fingerprint density at radius 3 is 2.86 bits per heavy atom. The first-order valence-corrected chi connectivity index (χ1v) is 7.56. The van der Waals surface area contributed by atoms with Crippen molar-refractivity contribution in [3.63, 3.8) is 0 Å². The van der Waals surface area contributed by atoms with Gasteiger partial charge in [-0.25, -0.2) is 4.79 Å². The quantitative estimate of drug-likeness (QED) is 0.526. The van der Waals surface area contributed by atoms with E-state index in [1.54, 1.807) is 0 Å². The largest absolute Gasteiger partial charge is 0.418 e. The average Bonchev–Trinajstić information content (AvgIpc) is 2.99. The third-order valence-electron chi connectivity index (χ3n) is 3.41. The van der Waals surface area contributed by atoms with E-state index in [-0.39, 0.29) is 18.5 Å². The van der Waals surface area contributed by atoms with Crippen molar-refractivity contribution in [2.24, 2.45) is 0 Å². The van der Waals surface area contributed by atoms with Crippen LogP contribution in [0.3, 0.4) is 0 Å². The van der Waals surface area contributed by atoms with E-state index in [0.717, 1.165) is 0 Å². The number of hydrogen-bond donors (Lipinski definition) is 2. The number of nitrogens with zero attached hydrogens (tertiary/aromatic N) is 4. The van der Waals surface area contributed by atoms with Crippen molar-refractivity contribution in [2.45, 2.75) is 24.9 Å². The van der Waals surface area contributed by atoms with Crippen molar-refractivity contribution in [2.75, 3.05) is 11.9 Å². The van der Waals surface area contributed by atoms with Gasteiger partial charge in [-0.2, -0.15) is 13.5 Å². The van der Waals surface area contributed by atoms with Gasteiger partial charge in [0, 0.05) is 6.54 Å². The molecule has 22 heavy (non-hydrogen) atoms. The summed E-state index contributed by atoms with van der Waals surface area (Å²) in [6.45, 7) is 0.192. The van der Waals surface area contributed by atoms with Gasteiger partial charge in [-0.15, -0.1) is 9.38 Å². The highest BCUT2D eigenvalue weighted by atomic mass is 32.3. The van der Waals surface area contributed by atoms with Gasteiger partial charge >= 0.3 is 22.4 Å². The lowest BCUT2D eigenvalue weighted by atomic mass is 10.0. The first-order chi connectivity index (χ1) is 10.4. The number of hydrogen-bond acceptors (Lipinski definition) is 8. The summed E-state index contributed by atoms with van der Waals surface area (Å²) in [5, 5.41) is 10.2. The molecule has 2 bridgehead atoms. The summed E-state index contributed by atoms with van der Waals surface area (Å²) < 4.78 is 39.8. The monoisotopic (exact) mass is 333 g/mol. The highest BCUT2D eigenvalue weighted by Crippen LogP contribution is 2.38. The van der Waals surface area contributed by atoms with Crippen molar-refractivity contribution < 1.29 is 31.3 Å². The molecule has 120 valence electrons. The number of aromatic nitrogens is 2. The minimum Gasteiger partial charge on any atom is -0.406 e. The lowest BCUT2D eigenvalue weighted by molar-refractivity contribution is -0.105. The van der Waals surface area contributed by atoms with Crippen molar-refractivity contribution in [1.82, 2.24) is 20.2 Å². The molecule has 2 saturated heterocycles. The molecule has 0 spiro atoms. The van der Waals surface area contributed by atoms with Gasteiger partial charge in [0.2, 0.25) is 12.3 Å². The van der Waals surface area contributed by atoms with Gasteiger partial charge in [0.25, 0.3) is 0 Å². The summed E-state index contributed by atoms with van der Waals surface area (Å²) in [7, 11) is -4.79. The van der Waals surface area contributed by atoms with Crippen molar-refractivity contribution in [1.29, 1.82) is 0 Å². The molecular weight excluding hydrogens is 322 g/mol. The number of fused-ring (bicyclic) bond motifs is 2. The fourth-order valence-corrected chi connectivity index (χ4v) is 2.95. The van der Waals surface area contributed by atoms with Gasteiger partial charge in [-0.05, 0) is 12.8 Å². The lowest BCUT2D eigenvalue weighted by Crippen LogP contribution is -2.35. The molecule has 2 aliphatic heterocycles. The molecule has 1 aromatic heterocycles. The Balaban J connectivity index is 1.80. The summed E-state index contributed by atoms with van der Waals surface area (Å²) in [4.78, 5) is 23.8. The minimum atomic E-state index is -4.79. The number of carbonyl (C=O) groups is 2. The minimum absolute atomic E-state index is 0.107. The molecule has 13 heteroatoms. The standard InChI is InChI=1S/C9H11N5O7S/c15-4-10-8-12-11-7(20-8)6-2-1-5-3-13(6)9(16)14(5)21-22(17,18)19/h4-6H,1-3H2,(H,10,12,15)(H,17,18,19)/t5-,6+/m1/s1. The number of piperidine rings is 1. The van der Waals surface area contributed by atoms with Crippen LogP contribution >= 0.6 is 0 Å². The van der Waals surface area contributed by atoms with Crippen LogP contribution in [0.5, 0.6) is 0 Å². The molecule has 2 atom stereocenters. The molecule has 12 nitrogen and oxygen atoms in total. The Labute approximate surface area is 123 Å². The van der Waals surface area contributed by atoms with E-state index in [2.05, 4.69) is 19.8 Å². The molecule has 3 rings (SSSR count). The van der Waals surface area contributed by atoms with Crippen molar-refractivity contribution in [3.05, 3.63) is 5.89 Å². The van der Waals surface area contributed by atoms with E-state index < -0.39 is 28.5 Å². The van der Waals surface area contributed by atoms with E-state index in [1.807, 2.05) is 0 Å². The molecular formula is C9H11N5O7S.